The van der Waals surface area contributed by atoms with Crippen LogP contribution in [0.4, 0.5) is 10.5 Å². The summed E-state index contributed by atoms with van der Waals surface area (Å²) in [7, 11) is 0. The molecule has 0 fully saturated rings. The molecule has 2 N–H and O–H groups in total. The van der Waals surface area contributed by atoms with Gasteiger partial charge in [-0.1, -0.05) is 29.8 Å². The molecule has 9 heteroatoms. The molecule has 0 unspecified atom stereocenters. The lowest BCUT2D eigenvalue weighted by Gasteiger charge is -2.08. The van der Waals surface area contributed by atoms with Gasteiger partial charge in [-0.2, -0.15) is 0 Å². The largest absolute Gasteiger partial charge is 0.444 e. The minimum Gasteiger partial charge on any atom is -0.444 e. The van der Waals surface area contributed by atoms with Gasteiger partial charge < -0.3 is 4.74 Å². The Labute approximate surface area is 176 Å². The number of aromatic amines is 1. The lowest BCUT2D eigenvalue weighted by molar-refractivity contribution is 0.155. The van der Waals surface area contributed by atoms with Gasteiger partial charge in [-0.15, -0.1) is 0 Å². The lowest BCUT2D eigenvalue weighted by Crippen LogP contribution is -2.17. The van der Waals surface area contributed by atoms with Crippen LogP contribution in [0.25, 0.3) is 16.9 Å². The first-order valence-corrected chi connectivity index (χ1v) is 9.33. The number of halogens is 1. The molecule has 3 aromatic heterocycles. The topological polar surface area (TPSA) is 102 Å². The number of rotatable bonds is 5. The Bertz CT molecular complexity index is 1220. The van der Waals surface area contributed by atoms with Crippen LogP contribution in [0.15, 0.2) is 78.1 Å². The molecular formula is C21H16ClN5O3. The molecule has 4 aromatic rings. The second-order valence-electron chi connectivity index (χ2n) is 6.31. The van der Waals surface area contributed by atoms with Gasteiger partial charge in [0.15, 0.2) is 5.82 Å². The monoisotopic (exact) mass is 421 g/mol. The molecule has 0 saturated carbocycles. The van der Waals surface area contributed by atoms with E-state index in [0.29, 0.717) is 33.2 Å². The molecular weight excluding hydrogens is 406 g/mol. The highest BCUT2D eigenvalue weighted by Crippen LogP contribution is 2.16. The van der Waals surface area contributed by atoms with Crippen molar-refractivity contribution in [3.8, 4) is 16.9 Å². The average Bonchev–Trinajstić information content (AvgIpc) is 3.14. The van der Waals surface area contributed by atoms with E-state index in [4.69, 9.17) is 16.3 Å². The fraction of sp³-hybridized carbons (Fsp3) is 0.0476. The average molecular weight is 422 g/mol. The van der Waals surface area contributed by atoms with Crippen molar-refractivity contribution in [2.45, 2.75) is 6.61 Å². The zero-order valence-electron chi connectivity index (χ0n) is 15.6. The van der Waals surface area contributed by atoms with Gasteiger partial charge in [0.25, 0.3) is 5.56 Å². The zero-order valence-corrected chi connectivity index (χ0v) is 16.3. The standard InChI is InChI=1S/C21H16ClN5O3/c22-16-4-1-5-17(9-16)26-21(29)30-13-14-6-7-19(24-10-14)27-20(28)18(12-25-27)15-3-2-8-23-11-15/h1-12,25H,13H2,(H,26,29). The van der Waals surface area contributed by atoms with E-state index in [2.05, 4.69) is 20.4 Å². The maximum Gasteiger partial charge on any atom is 0.411 e. The summed E-state index contributed by atoms with van der Waals surface area (Å²) in [6, 6.07) is 13.7. The van der Waals surface area contributed by atoms with E-state index < -0.39 is 6.09 Å². The summed E-state index contributed by atoms with van der Waals surface area (Å²) in [5.41, 5.74) is 2.19. The van der Waals surface area contributed by atoms with Crippen molar-refractivity contribution < 1.29 is 9.53 Å². The molecule has 8 nitrogen and oxygen atoms in total. The smallest absolute Gasteiger partial charge is 0.411 e. The molecule has 4 rings (SSSR count). The fourth-order valence-electron chi connectivity index (χ4n) is 2.77. The van der Waals surface area contributed by atoms with E-state index >= 15 is 0 Å². The lowest BCUT2D eigenvalue weighted by atomic mass is 10.2. The van der Waals surface area contributed by atoms with Crippen LogP contribution in [0.1, 0.15) is 5.56 Å². The molecule has 0 bridgehead atoms. The third-order valence-electron chi connectivity index (χ3n) is 4.22. The number of ether oxygens (including phenoxy) is 1. The van der Waals surface area contributed by atoms with Crippen molar-refractivity contribution in [1.82, 2.24) is 19.7 Å². The van der Waals surface area contributed by atoms with E-state index in [1.807, 2.05) is 6.07 Å². The van der Waals surface area contributed by atoms with Gasteiger partial charge in [-0.25, -0.2) is 14.5 Å². The van der Waals surface area contributed by atoms with Gasteiger partial charge >= 0.3 is 6.09 Å². The van der Waals surface area contributed by atoms with Crippen LogP contribution in [0.5, 0.6) is 0 Å². The summed E-state index contributed by atoms with van der Waals surface area (Å²) in [5, 5.41) is 6.01. The molecule has 0 aliphatic heterocycles. The molecule has 0 radical (unpaired) electrons. The van der Waals surface area contributed by atoms with Gasteiger partial charge in [0.1, 0.15) is 6.61 Å². The van der Waals surface area contributed by atoms with Crippen molar-refractivity contribution in [1.29, 1.82) is 0 Å². The zero-order chi connectivity index (χ0) is 20.9. The van der Waals surface area contributed by atoms with Crippen LogP contribution in [-0.2, 0) is 11.3 Å². The van der Waals surface area contributed by atoms with Crippen LogP contribution < -0.4 is 10.9 Å². The van der Waals surface area contributed by atoms with Crippen LogP contribution >= 0.6 is 11.6 Å². The number of carbonyl (C=O) groups is 1. The van der Waals surface area contributed by atoms with Crippen LogP contribution in [0.2, 0.25) is 5.02 Å². The molecule has 0 spiro atoms. The molecule has 0 aliphatic rings. The van der Waals surface area contributed by atoms with Gasteiger partial charge in [0.2, 0.25) is 0 Å². The Balaban J connectivity index is 1.41. The number of benzene rings is 1. The maximum atomic E-state index is 12.6. The Morgan fingerprint density at radius 3 is 2.80 bits per heavy atom. The van der Waals surface area contributed by atoms with Crippen molar-refractivity contribution >= 4 is 23.4 Å². The number of H-pyrrole nitrogens is 1. The summed E-state index contributed by atoms with van der Waals surface area (Å²) in [6.45, 7) is 0.0280. The quantitative estimate of drug-likeness (QED) is 0.506. The fourth-order valence-corrected chi connectivity index (χ4v) is 2.96. The number of nitrogens with zero attached hydrogens (tertiary/aromatic N) is 3. The van der Waals surface area contributed by atoms with Gasteiger partial charge in [-0.3, -0.25) is 20.2 Å². The van der Waals surface area contributed by atoms with Crippen molar-refractivity contribution in [3.05, 3.63) is 94.3 Å². The number of amides is 1. The summed E-state index contributed by atoms with van der Waals surface area (Å²) < 4.78 is 6.52. The molecule has 0 aliphatic carbocycles. The van der Waals surface area contributed by atoms with Crippen LogP contribution in [0, 0.1) is 0 Å². The maximum absolute atomic E-state index is 12.6. The summed E-state index contributed by atoms with van der Waals surface area (Å²) in [5.74, 6) is 0.419. The first-order valence-electron chi connectivity index (χ1n) is 8.95. The normalized spacial score (nSPS) is 10.6. The predicted molar refractivity (Wildman–Crippen MR) is 113 cm³/mol. The first-order chi connectivity index (χ1) is 14.6. The second-order valence-corrected chi connectivity index (χ2v) is 6.74. The third-order valence-corrected chi connectivity index (χ3v) is 4.46. The molecule has 30 heavy (non-hydrogen) atoms. The second kappa shape index (κ2) is 8.62. The highest BCUT2D eigenvalue weighted by atomic mass is 35.5. The number of pyridine rings is 2. The number of carbonyl (C=O) groups excluding carboxylic acids is 1. The number of aromatic nitrogens is 4. The van der Waals surface area contributed by atoms with Crippen molar-refractivity contribution in [3.63, 3.8) is 0 Å². The number of hydrogen-bond acceptors (Lipinski definition) is 5. The van der Waals surface area contributed by atoms with E-state index in [-0.39, 0.29) is 12.2 Å². The Kier molecular flexibility index (Phi) is 5.58. The first kappa shape index (κ1) is 19.4. The molecule has 1 aromatic carbocycles. The number of nitrogens with one attached hydrogen (secondary N) is 2. The van der Waals surface area contributed by atoms with Crippen LogP contribution in [-0.4, -0.2) is 25.8 Å². The Morgan fingerprint density at radius 2 is 2.07 bits per heavy atom. The highest BCUT2D eigenvalue weighted by molar-refractivity contribution is 6.30. The molecule has 3 heterocycles. The minimum atomic E-state index is -0.608. The molecule has 1 amide bonds. The van der Waals surface area contributed by atoms with E-state index in [1.54, 1.807) is 67.3 Å². The van der Waals surface area contributed by atoms with Gasteiger partial charge in [0.05, 0.1) is 5.56 Å². The summed E-state index contributed by atoms with van der Waals surface area (Å²) in [4.78, 5) is 32.9. The summed E-state index contributed by atoms with van der Waals surface area (Å²) in [6.07, 6.45) is 5.81. The SMILES string of the molecule is O=C(Nc1cccc(Cl)c1)OCc1ccc(-n2[nH]cc(-c3cccnc3)c2=O)nc1. The number of anilines is 1. The molecule has 0 atom stereocenters. The molecule has 150 valence electrons. The van der Waals surface area contributed by atoms with Crippen LogP contribution in [0.3, 0.4) is 0 Å². The predicted octanol–water partition coefficient (Wildman–Crippen LogP) is 4.02. The Hall–Kier alpha value is -3.91. The van der Waals surface area contributed by atoms with E-state index in [9.17, 15) is 9.59 Å². The summed E-state index contributed by atoms with van der Waals surface area (Å²) >= 11 is 5.88. The van der Waals surface area contributed by atoms with Gasteiger partial charge in [0, 0.05) is 46.6 Å². The van der Waals surface area contributed by atoms with E-state index in [0.717, 1.165) is 0 Å². The highest BCUT2D eigenvalue weighted by Gasteiger charge is 2.11. The number of hydrogen-bond donors (Lipinski definition) is 2. The minimum absolute atomic E-state index is 0.0280. The van der Waals surface area contributed by atoms with E-state index in [1.165, 1.54) is 4.68 Å². The van der Waals surface area contributed by atoms with Crippen molar-refractivity contribution in [2.24, 2.45) is 0 Å². The van der Waals surface area contributed by atoms with Gasteiger partial charge in [-0.05, 0) is 30.3 Å². The third kappa shape index (κ3) is 4.39. The van der Waals surface area contributed by atoms with Crippen molar-refractivity contribution in [2.75, 3.05) is 5.32 Å². The Morgan fingerprint density at radius 1 is 1.17 bits per heavy atom. The molecule has 0 saturated heterocycles.